The average molecular weight is 317 g/mol. The second-order valence-corrected chi connectivity index (χ2v) is 6.78. The lowest BCUT2D eigenvalue weighted by Crippen LogP contribution is -1.99. The van der Waals surface area contributed by atoms with Gasteiger partial charge in [0, 0.05) is 10.8 Å². The first-order chi connectivity index (χ1) is 8.65. The second-order valence-electron chi connectivity index (χ2n) is 3.65. The molecule has 0 aliphatic heterocycles. The molecule has 0 amide bonds. The first-order valence-electron chi connectivity index (χ1n) is 5.26. The van der Waals surface area contributed by atoms with Gasteiger partial charge in [0.25, 0.3) is 0 Å². The number of ketones is 1. The van der Waals surface area contributed by atoms with Crippen molar-refractivity contribution in [3.05, 3.63) is 56.2 Å². The van der Waals surface area contributed by atoms with Gasteiger partial charge in [-0.2, -0.15) is 0 Å². The van der Waals surface area contributed by atoms with E-state index in [1.165, 1.54) is 16.9 Å². The number of hydrogen-bond donors (Lipinski definition) is 0. The summed E-state index contributed by atoms with van der Waals surface area (Å²) < 4.78 is 0.654. The highest BCUT2D eigenvalue weighted by Gasteiger charge is 2.08. The Hall–Kier alpha value is -0.480. The molecule has 1 aromatic carbocycles. The molecule has 1 heterocycles. The van der Waals surface area contributed by atoms with E-state index in [1.54, 1.807) is 23.9 Å². The highest BCUT2D eigenvalue weighted by Crippen LogP contribution is 2.23. The molecule has 0 spiro atoms. The minimum atomic E-state index is 0.130. The maximum Gasteiger partial charge on any atom is 0.182 e. The third kappa shape index (κ3) is 4.02. The van der Waals surface area contributed by atoms with Crippen molar-refractivity contribution < 1.29 is 4.79 Å². The van der Waals surface area contributed by atoms with Crippen LogP contribution >= 0.6 is 46.3 Å². The van der Waals surface area contributed by atoms with Crippen LogP contribution in [-0.2, 0) is 5.75 Å². The lowest BCUT2D eigenvalue weighted by atomic mass is 10.2. The number of hydrogen-bond acceptors (Lipinski definition) is 3. The van der Waals surface area contributed by atoms with E-state index in [-0.39, 0.29) is 5.78 Å². The van der Waals surface area contributed by atoms with Crippen LogP contribution in [0.4, 0.5) is 0 Å². The van der Waals surface area contributed by atoms with Gasteiger partial charge in [-0.05, 0) is 29.8 Å². The summed E-state index contributed by atoms with van der Waals surface area (Å²) in [5, 5.41) is 0.730. The molecule has 0 N–H and O–H groups in total. The number of thiophene rings is 1. The van der Waals surface area contributed by atoms with Gasteiger partial charge in [-0.15, -0.1) is 23.1 Å². The van der Waals surface area contributed by atoms with Crippen molar-refractivity contribution in [3.63, 3.8) is 0 Å². The third-order valence-corrected chi connectivity index (χ3v) is 4.79. The molecule has 94 valence electrons. The van der Waals surface area contributed by atoms with Crippen LogP contribution < -0.4 is 0 Å². The van der Waals surface area contributed by atoms with Crippen molar-refractivity contribution in [3.8, 4) is 0 Å². The van der Waals surface area contributed by atoms with Crippen LogP contribution in [0.1, 0.15) is 15.2 Å². The molecule has 1 nitrogen and oxygen atoms in total. The van der Waals surface area contributed by atoms with Crippen LogP contribution in [0, 0.1) is 0 Å². The van der Waals surface area contributed by atoms with Crippen LogP contribution in [-0.4, -0.2) is 11.5 Å². The predicted molar refractivity (Wildman–Crippen MR) is 81.3 cm³/mol. The van der Waals surface area contributed by atoms with Crippen LogP contribution in [0.3, 0.4) is 0 Å². The van der Waals surface area contributed by atoms with Crippen LogP contribution in [0.15, 0.2) is 36.4 Å². The van der Waals surface area contributed by atoms with Gasteiger partial charge in [0.05, 0.1) is 15.0 Å². The number of carbonyl (C=O) groups excluding carboxylic acids is 1. The first kappa shape index (κ1) is 13.9. The van der Waals surface area contributed by atoms with Gasteiger partial charge < -0.3 is 0 Å². The molecule has 0 atom stereocenters. The molecule has 0 fully saturated rings. The van der Waals surface area contributed by atoms with Crippen LogP contribution in [0.25, 0.3) is 0 Å². The van der Waals surface area contributed by atoms with Gasteiger partial charge >= 0.3 is 0 Å². The van der Waals surface area contributed by atoms with Gasteiger partial charge in [0.1, 0.15) is 0 Å². The summed E-state index contributed by atoms with van der Waals surface area (Å²) >= 11 is 14.5. The monoisotopic (exact) mass is 316 g/mol. The van der Waals surface area contributed by atoms with Crippen molar-refractivity contribution >= 4 is 52.1 Å². The molecule has 2 aromatic rings. The minimum absolute atomic E-state index is 0.130. The minimum Gasteiger partial charge on any atom is -0.292 e. The molecule has 0 bridgehead atoms. The van der Waals surface area contributed by atoms with Crippen molar-refractivity contribution in [1.29, 1.82) is 0 Å². The standard InChI is InChI=1S/C13H10Cl2OS2/c14-10-3-1-9(2-4-10)7-17-8-11(16)12-5-6-13(15)18-12/h1-6H,7-8H2. The van der Waals surface area contributed by atoms with Crippen LogP contribution in [0.5, 0.6) is 0 Å². The molecular formula is C13H10Cl2OS2. The van der Waals surface area contributed by atoms with Gasteiger partial charge in [-0.3, -0.25) is 4.79 Å². The van der Waals surface area contributed by atoms with Gasteiger partial charge in [0.15, 0.2) is 5.78 Å². The first-order valence-corrected chi connectivity index (χ1v) is 7.98. The topological polar surface area (TPSA) is 17.1 Å². The molecule has 1 aromatic heterocycles. The Bertz CT molecular complexity index is 534. The summed E-state index contributed by atoms with van der Waals surface area (Å²) in [6.07, 6.45) is 0. The number of carbonyl (C=O) groups is 1. The molecule has 0 saturated carbocycles. The van der Waals surface area contributed by atoms with Crippen LogP contribution in [0.2, 0.25) is 9.36 Å². The second kappa shape index (κ2) is 6.62. The van der Waals surface area contributed by atoms with E-state index in [2.05, 4.69) is 0 Å². The Balaban J connectivity index is 1.82. The van der Waals surface area contributed by atoms with Crippen molar-refractivity contribution in [2.45, 2.75) is 5.75 Å². The predicted octanol–water partition coefficient (Wildman–Crippen LogP) is 5.17. The van der Waals surface area contributed by atoms with Gasteiger partial charge in [0.2, 0.25) is 0 Å². The number of thioether (sulfide) groups is 1. The number of rotatable bonds is 5. The fourth-order valence-electron chi connectivity index (χ4n) is 1.38. The lowest BCUT2D eigenvalue weighted by molar-refractivity contribution is 0.102. The number of benzene rings is 1. The maximum atomic E-state index is 11.8. The third-order valence-electron chi connectivity index (χ3n) is 2.26. The largest absolute Gasteiger partial charge is 0.292 e. The molecule has 0 unspecified atom stereocenters. The fourth-order valence-corrected chi connectivity index (χ4v) is 3.45. The van der Waals surface area contributed by atoms with E-state index in [4.69, 9.17) is 23.2 Å². The zero-order valence-electron chi connectivity index (χ0n) is 9.36. The quantitative estimate of drug-likeness (QED) is 0.708. The lowest BCUT2D eigenvalue weighted by Gasteiger charge is -2.01. The smallest absolute Gasteiger partial charge is 0.182 e. The van der Waals surface area contributed by atoms with E-state index < -0.39 is 0 Å². The van der Waals surface area contributed by atoms with E-state index in [9.17, 15) is 4.79 Å². The summed E-state index contributed by atoms with van der Waals surface area (Å²) in [6, 6.07) is 11.2. The SMILES string of the molecule is O=C(CSCc1ccc(Cl)cc1)c1ccc(Cl)s1. The van der Waals surface area contributed by atoms with E-state index >= 15 is 0 Å². The molecule has 18 heavy (non-hydrogen) atoms. The van der Waals surface area contributed by atoms with Gasteiger partial charge in [-0.1, -0.05) is 35.3 Å². The summed E-state index contributed by atoms with van der Waals surface area (Å²) in [6.45, 7) is 0. The summed E-state index contributed by atoms with van der Waals surface area (Å²) in [5.74, 6) is 1.41. The Morgan fingerprint density at radius 2 is 1.83 bits per heavy atom. The molecule has 0 radical (unpaired) electrons. The number of Topliss-reactive ketones (excluding diaryl/α,β-unsaturated/α-hetero) is 1. The zero-order chi connectivity index (χ0) is 13.0. The fraction of sp³-hybridized carbons (Fsp3) is 0.154. The average Bonchev–Trinajstić information content (AvgIpc) is 2.78. The molecule has 5 heteroatoms. The Labute approximate surface area is 124 Å². The van der Waals surface area contributed by atoms with Gasteiger partial charge in [-0.25, -0.2) is 0 Å². The number of halogens is 2. The summed E-state index contributed by atoms with van der Waals surface area (Å²) in [4.78, 5) is 12.5. The highest BCUT2D eigenvalue weighted by molar-refractivity contribution is 7.99. The van der Waals surface area contributed by atoms with E-state index in [0.29, 0.717) is 10.1 Å². The Morgan fingerprint density at radius 1 is 1.11 bits per heavy atom. The normalized spacial score (nSPS) is 10.6. The van der Waals surface area contributed by atoms with E-state index in [1.807, 2.05) is 24.3 Å². The highest BCUT2D eigenvalue weighted by atomic mass is 35.5. The van der Waals surface area contributed by atoms with Crippen molar-refractivity contribution in [1.82, 2.24) is 0 Å². The molecular weight excluding hydrogens is 307 g/mol. The molecule has 0 aliphatic carbocycles. The Kier molecular flexibility index (Phi) is 5.13. The molecule has 0 saturated heterocycles. The van der Waals surface area contributed by atoms with Crippen molar-refractivity contribution in [2.75, 3.05) is 5.75 Å². The maximum absolute atomic E-state index is 11.8. The molecule has 0 aliphatic rings. The van der Waals surface area contributed by atoms with E-state index in [0.717, 1.165) is 15.7 Å². The molecule has 2 rings (SSSR count). The summed E-state index contributed by atoms with van der Waals surface area (Å²) in [7, 11) is 0. The zero-order valence-corrected chi connectivity index (χ0v) is 12.5. The summed E-state index contributed by atoms with van der Waals surface area (Å²) in [5.41, 5.74) is 1.17. The van der Waals surface area contributed by atoms with Crippen molar-refractivity contribution in [2.24, 2.45) is 0 Å². The Morgan fingerprint density at radius 3 is 2.44 bits per heavy atom.